The Balaban J connectivity index is 1.69. The molecule has 2 aromatic rings. The van der Waals surface area contributed by atoms with Crippen LogP contribution in [0.3, 0.4) is 0 Å². The summed E-state index contributed by atoms with van der Waals surface area (Å²) in [5.41, 5.74) is 4.41. The van der Waals surface area contributed by atoms with Gasteiger partial charge in [-0.05, 0) is 60.4 Å². The van der Waals surface area contributed by atoms with Crippen molar-refractivity contribution in [1.82, 2.24) is 10.2 Å². The van der Waals surface area contributed by atoms with Gasteiger partial charge in [0, 0.05) is 31.6 Å². The lowest BCUT2D eigenvalue weighted by Crippen LogP contribution is -2.41. The van der Waals surface area contributed by atoms with E-state index in [1.54, 1.807) is 6.92 Å². The Bertz CT molecular complexity index is 861. The molecule has 1 aliphatic rings. The molecule has 0 saturated carbocycles. The monoisotopic (exact) mass is 392 g/mol. The van der Waals surface area contributed by atoms with Crippen LogP contribution >= 0.6 is 0 Å². The van der Waals surface area contributed by atoms with Crippen LogP contribution in [-0.4, -0.2) is 35.8 Å². The average Bonchev–Trinajstić information content (AvgIpc) is 2.67. The number of nitrogens with one attached hydrogen (secondary N) is 1. The standard InChI is InChI=1S/C25H32N2O2/c1-18(26-19(2)28)16-20-8-10-21(11-9-20)22-6-5-7-23(17-22)24(29)27-14-12-25(3,4)13-15-27/h5-11,17-18H,12-16H2,1-4H3,(H,26,28). The SMILES string of the molecule is CC(=O)NC(C)Cc1ccc(-c2cccc(C(=O)N3CCC(C)(C)CC3)c2)cc1. The molecule has 4 heteroatoms. The van der Waals surface area contributed by atoms with Crippen LogP contribution in [-0.2, 0) is 11.2 Å². The third-order valence-corrected chi connectivity index (χ3v) is 5.79. The predicted molar refractivity (Wildman–Crippen MR) is 118 cm³/mol. The van der Waals surface area contributed by atoms with Crippen molar-refractivity contribution in [3.05, 3.63) is 59.7 Å². The van der Waals surface area contributed by atoms with Gasteiger partial charge in [-0.3, -0.25) is 9.59 Å². The van der Waals surface area contributed by atoms with Crippen LogP contribution in [0.5, 0.6) is 0 Å². The zero-order valence-corrected chi connectivity index (χ0v) is 18.0. The lowest BCUT2D eigenvalue weighted by molar-refractivity contribution is -0.119. The summed E-state index contributed by atoms with van der Waals surface area (Å²) in [6.45, 7) is 9.76. The van der Waals surface area contributed by atoms with E-state index < -0.39 is 0 Å². The first kappa shape index (κ1) is 21.1. The molecular formula is C25H32N2O2. The molecule has 1 saturated heterocycles. The quantitative estimate of drug-likeness (QED) is 0.803. The van der Waals surface area contributed by atoms with Crippen LogP contribution in [0, 0.1) is 5.41 Å². The van der Waals surface area contributed by atoms with Gasteiger partial charge in [-0.2, -0.15) is 0 Å². The lowest BCUT2D eigenvalue weighted by atomic mass is 9.82. The first-order valence-electron chi connectivity index (χ1n) is 10.5. The van der Waals surface area contributed by atoms with Crippen molar-refractivity contribution in [2.75, 3.05) is 13.1 Å². The van der Waals surface area contributed by atoms with E-state index in [9.17, 15) is 9.59 Å². The molecule has 1 N–H and O–H groups in total. The molecule has 3 rings (SSSR count). The van der Waals surface area contributed by atoms with Gasteiger partial charge in [0.05, 0.1) is 0 Å². The van der Waals surface area contributed by atoms with Crippen LogP contribution in [0.4, 0.5) is 0 Å². The summed E-state index contributed by atoms with van der Waals surface area (Å²) in [6.07, 6.45) is 2.90. The highest BCUT2D eigenvalue weighted by Gasteiger charge is 2.28. The average molecular weight is 393 g/mol. The fourth-order valence-corrected chi connectivity index (χ4v) is 3.91. The van der Waals surface area contributed by atoms with Crippen LogP contribution in [0.1, 0.15) is 56.5 Å². The number of rotatable bonds is 5. The summed E-state index contributed by atoms with van der Waals surface area (Å²) in [6, 6.07) is 16.4. The summed E-state index contributed by atoms with van der Waals surface area (Å²) in [4.78, 5) is 26.1. The Morgan fingerprint density at radius 3 is 2.31 bits per heavy atom. The number of hydrogen-bond donors (Lipinski definition) is 1. The molecular weight excluding hydrogens is 360 g/mol. The maximum Gasteiger partial charge on any atom is 0.253 e. The van der Waals surface area contributed by atoms with Gasteiger partial charge in [0.15, 0.2) is 0 Å². The van der Waals surface area contributed by atoms with Crippen molar-refractivity contribution in [3.8, 4) is 11.1 Å². The fourth-order valence-electron chi connectivity index (χ4n) is 3.91. The molecule has 154 valence electrons. The van der Waals surface area contributed by atoms with Crippen molar-refractivity contribution in [3.63, 3.8) is 0 Å². The van der Waals surface area contributed by atoms with E-state index >= 15 is 0 Å². The molecule has 2 aromatic carbocycles. The number of piperidine rings is 1. The smallest absolute Gasteiger partial charge is 0.253 e. The number of hydrogen-bond acceptors (Lipinski definition) is 2. The van der Waals surface area contributed by atoms with E-state index in [0.29, 0.717) is 5.41 Å². The van der Waals surface area contributed by atoms with Gasteiger partial charge in [-0.25, -0.2) is 0 Å². The molecule has 2 amide bonds. The molecule has 4 nitrogen and oxygen atoms in total. The first-order chi connectivity index (χ1) is 13.7. The second kappa shape index (κ2) is 8.81. The number of carbonyl (C=O) groups excluding carboxylic acids is 2. The fraction of sp³-hybridized carbons (Fsp3) is 0.440. The summed E-state index contributed by atoms with van der Waals surface area (Å²) in [5, 5.41) is 2.91. The Kier molecular flexibility index (Phi) is 6.41. The van der Waals surface area contributed by atoms with Gasteiger partial charge in [0.25, 0.3) is 5.91 Å². The summed E-state index contributed by atoms with van der Waals surface area (Å²) in [5.74, 6) is 0.121. The van der Waals surface area contributed by atoms with Crippen molar-refractivity contribution < 1.29 is 9.59 Å². The highest BCUT2D eigenvalue weighted by atomic mass is 16.2. The zero-order valence-electron chi connectivity index (χ0n) is 18.0. The van der Waals surface area contributed by atoms with Crippen LogP contribution in [0.15, 0.2) is 48.5 Å². The maximum absolute atomic E-state index is 12.9. The topological polar surface area (TPSA) is 49.4 Å². The second-order valence-electron chi connectivity index (χ2n) is 9.04. The zero-order chi connectivity index (χ0) is 21.0. The number of benzene rings is 2. The third kappa shape index (κ3) is 5.69. The third-order valence-electron chi connectivity index (χ3n) is 5.79. The Morgan fingerprint density at radius 1 is 1.03 bits per heavy atom. The Labute approximate surface area is 174 Å². The molecule has 0 radical (unpaired) electrons. The van der Waals surface area contributed by atoms with E-state index in [0.717, 1.165) is 49.0 Å². The second-order valence-corrected chi connectivity index (χ2v) is 9.04. The summed E-state index contributed by atoms with van der Waals surface area (Å²) < 4.78 is 0. The molecule has 0 spiro atoms. The van der Waals surface area contributed by atoms with E-state index in [1.165, 1.54) is 5.56 Å². The molecule has 0 bridgehead atoms. The van der Waals surface area contributed by atoms with Crippen molar-refractivity contribution in [2.45, 2.75) is 53.0 Å². The number of amides is 2. The minimum atomic E-state index is -0.00660. The molecule has 0 aliphatic carbocycles. The van der Waals surface area contributed by atoms with Gasteiger partial charge in [0.1, 0.15) is 0 Å². The first-order valence-corrected chi connectivity index (χ1v) is 10.5. The molecule has 29 heavy (non-hydrogen) atoms. The Morgan fingerprint density at radius 2 is 1.69 bits per heavy atom. The van der Waals surface area contributed by atoms with E-state index in [4.69, 9.17) is 0 Å². The molecule has 1 aliphatic heterocycles. The van der Waals surface area contributed by atoms with Crippen molar-refractivity contribution in [2.24, 2.45) is 5.41 Å². The van der Waals surface area contributed by atoms with Gasteiger partial charge in [0.2, 0.25) is 5.91 Å². The van der Waals surface area contributed by atoms with Gasteiger partial charge >= 0.3 is 0 Å². The van der Waals surface area contributed by atoms with E-state index in [-0.39, 0.29) is 17.9 Å². The van der Waals surface area contributed by atoms with Crippen molar-refractivity contribution >= 4 is 11.8 Å². The lowest BCUT2D eigenvalue weighted by Gasteiger charge is -2.37. The van der Waals surface area contributed by atoms with E-state index in [2.05, 4.69) is 43.4 Å². The highest BCUT2D eigenvalue weighted by molar-refractivity contribution is 5.95. The maximum atomic E-state index is 12.9. The van der Waals surface area contributed by atoms with Crippen LogP contribution in [0.2, 0.25) is 0 Å². The number of likely N-dealkylation sites (tertiary alicyclic amines) is 1. The number of nitrogens with zero attached hydrogens (tertiary/aromatic N) is 1. The van der Waals surface area contributed by atoms with Crippen LogP contribution < -0.4 is 5.32 Å². The number of carbonyl (C=O) groups is 2. The molecule has 1 heterocycles. The van der Waals surface area contributed by atoms with Crippen molar-refractivity contribution in [1.29, 1.82) is 0 Å². The Hall–Kier alpha value is -2.62. The molecule has 0 aromatic heterocycles. The molecule has 1 unspecified atom stereocenters. The minimum absolute atomic E-state index is 0.00660. The largest absolute Gasteiger partial charge is 0.354 e. The van der Waals surface area contributed by atoms with Gasteiger partial charge in [-0.15, -0.1) is 0 Å². The highest BCUT2D eigenvalue weighted by Crippen LogP contribution is 2.30. The normalized spacial score (nSPS) is 16.9. The van der Waals surface area contributed by atoms with Crippen LogP contribution in [0.25, 0.3) is 11.1 Å². The molecule has 1 fully saturated rings. The van der Waals surface area contributed by atoms with Gasteiger partial charge < -0.3 is 10.2 Å². The molecule has 1 atom stereocenters. The summed E-state index contributed by atoms with van der Waals surface area (Å²) in [7, 11) is 0. The van der Waals surface area contributed by atoms with E-state index in [1.807, 2.05) is 36.1 Å². The minimum Gasteiger partial charge on any atom is -0.354 e. The van der Waals surface area contributed by atoms with Gasteiger partial charge in [-0.1, -0.05) is 50.2 Å². The predicted octanol–water partition coefficient (Wildman–Crippen LogP) is 4.68. The summed E-state index contributed by atoms with van der Waals surface area (Å²) >= 11 is 0.